The van der Waals surface area contributed by atoms with Crippen LogP contribution in [0.2, 0.25) is 0 Å². The third kappa shape index (κ3) is 4.46. The first kappa shape index (κ1) is 20.9. The van der Waals surface area contributed by atoms with Gasteiger partial charge in [-0.3, -0.25) is 4.79 Å². The molecule has 1 unspecified atom stereocenters. The van der Waals surface area contributed by atoms with Gasteiger partial charge in [0.05, 0.1) is 29.7 Å². The summed E-state index contributed by atoms with van der Waals surface area (Å²) in [5.74, 6) is -0.251. The van der Waals surface area contributed by atoms with Gasteiger partial charge < -0.3 is 10.6 Å². The Labute approximate surface area is 175 Å². The molecule has 1 aliphatic rings. The Hall–Kier alpha value is -2.78. The minimum absolute atomic E-state index is 0. The zero-order valence-electron chi connectivity index (χ0n) is 16.4. The van der Waals surface area contributed by atoms with Gasteiger partial charge in [0.15, 0.2) is 5.69 Å². The Morgan fingerprint density at radius 3 is 2.62 bits per heavy atom. The first-order valence-electron chi connectivity index (χ1n) is 9.54. The van der Waals surface area contributed by atoms with E-state index in [1.165, 1.54) is 0 Å². The number of aromatic nitrogens is 6. The van der Waals surface area contributed by atoms with E-state index < -0.39 is 0 Å². The zero-order valence-corrected chi connectivity index (χ0v) is 17.3. The van der Waals surface area contributed by atoms with Gasteiger partial charge in [-0.25, -0.2) is 9.36 Å². The lowest BCUT2D eigenvalue weighted by molar-refractivity contribution is 0.0933. The number of para-hydroxylation sites is 1. The summed E-state index contributed by atoms with van der Waals surface area (Å²) in [5.41, 5.74) is 2.76. The van der Waals surface area contributed by atoms with E-state index in [1.54, 1.807) is 4.68 Å². The van der Waals surface area contributed by atoms with Crippen LogP contribution in [0, 0.1) is 6.92 Å². The first-order valence-corrected chi connectivity index (χ1v) is 9.54. The van der Waals surface area contributed by atoms with Gasteiger partial charge in [-0.15, -0.1) is 22.6 Å². The van der Waals surface area contributed by atoms with E-state index in [4.69, 9.17) is 0 Å². The molecule has 0 spiro atoms. The van der Waals surface area contributed by atoms with Crippen molar-refractivity contribution < 1.29 is 4.79 Å². The van der Waals surface area contributed by atoms with Crippen LogP contribution in [0.3, 0.4) is 0 Å². The van der Waals surface area contributed by atoms with Gasteiger partial charge >= 0.3 is 0 Å². The molecule has 1 fully saturated rings. The second-order valence-corrected chi connectivity index (χ2v) is 7.07. The molecule has 9 nitrogen and oxygen atoms in total. The molecule has 0 aliphatic carbocycles. The van der Waals surface area contributed by atoms with Gasteiger partial charge in [0.25, 0.3) is 5.91 Å². The zero-order chi connectivity index (χ0) is 19.5. The summed E-state index contributed by atoms with van der Waals surface area (Å²) < 4.78 is 3.57. The maximum atomic E-state index is 12.7. The van der Waals surface area contributed by atoms with E-state index in [-0.39, 0.29) is 24.4 Å². The summed E-state index contributed by atoms with van der Waals surface area (Å²) >= 11 is 0. The van der Waals surface area contributed by atoms with Crippen molar-refractivity contribution in [2.24, 2.45) is 0 Å². The van der Waals surface area contributed by atoms with Gasteiger partial charge in [0.2, 0.25) is 0 Å². The van der Waals surface area contributed by atoms with Crippen LogP contribution in [0.5, 0.6) is 0 Å². The van der Waals surface area contributed by atoms with Crippen molar-refractivity contribution in [1.82, 2.24) is 40.6 Å². The summed E-state index contributed by atoms with van der Waals surface area (Å²) in [6.07, 6.45) is 3.80. The molecule has 0 bridgehead atoms. The molecule has 29 heavy (non-hydrogen) atoms. The fraction of sp³-hybridized carbons (Fsp3) is 0.421. The summed E-state index contributed by atoms with van der Waals surface area (Å²) in [6, 6.07) is 9.72. The first-order chi connectivity index (χ1) is 13.6. The SMILES string of the molecule is Cc1c(C(=O)NC(C)c2cn(-c3ccccc3)nn2)nnn1C1CCNCC1.Cl. The number of amides is 1. The van der Waals surface area contributed by atoms with E-state index >= 15 is 0 Å². The number of hydrogen-bond acceptors (Lipinski definition) is 6. The molecule has 2 aromatic heterocycles. The average Bonchev–Trinajstić information content (AvgIpc) is 3.36. The van der Waals surface area contributed by atoms with E-state index in [9.17, 15) is 4.79 Å². The van der Waals surface area contributed by atoms with Crippen molar-refractivity contribution in [3.63, 3.8) is 0 Å². The Kier molecular flexibility index (Phi) is 6.60. The predicted octanol–water partition coefficient (Wildman–Crippen LogP) is 2.00. The van der Waals surface area contributed by atoms with Crippen LogP contribution in [0.4, 0.5) is 0 Å². The smallest absolute Gasteiger partial charge is 0.274 e. The fourth-order valence-corrected chi connectivity index (χ4v) is 3.47. The maximum Gasteiger partial charge on any atom is 0.274 e. The summed E-state index contributed by atoms with van der Waals surface area (Å²) in [4.78, 5) is 12.7. The van der Waals surface area contributed by atoms with Crippen LogP contribution in [0.25, 0.3) is 5.69 Å². The van der Waals surface area contributed by atoms with E-state index in [0.29, 0.717) is 17.4 Å². The highest BCUT2D eigenvalue weighted by molar-refractivity contribution is 5.93. The standard InChI is InChI=1S/C19H24N8O.ClH/c1-13(17-12-26(24-22-17)15-6-4-3-5-7-15)21-19(28)18-14(2)27(25-23-18)16-8-10-20-11-9-16;/h3-7,12-13,16,20H,8-11H2,1-2H3,(H,21,28);1H. The van der Waals surface area contributed by atoms with Crippen molar-refractivity contribution in [1.29, 1.82) is 0 Å². The number of rotatable bonds is 5. The summed E-state index contributed by atoms with van der Waals surface area (Å²) in [5, 5.41) is 23.0. The lowest BCUT2D eigenvalue weighted by Crippen LogP contribution is -2.31. The number of nitrogens with one attached hydrogen (secondary N) is 2. The number of halogens is 1. The van der Waals surface area contributed by atoms with Crippen LogP contribution in [0.15, 0.2) is 36.5 Å². The second-order valence-electron chi connectivity index (χ2n) is 7.07. The lowest BCUT2D eigenvalue weighted by Gasteiger charge is -2.23. The molecule has 154 valence electrons. The maximum absolute atomic E-state index is 12.7. The molecule has 1 amide bonds. The molecule has 3 heterocycles. The molecule has 0 radical (unpaired) electrons. The molecule has 0 saturated carbocycles. The van der Waals surface area contributed by atoms with Crippen LogP contribution in [-0.2, 0) is 0 Å². The van der Waals surface area contributed by atoms with Gasteiger partial charge in [0.1, 0.15) is 5.69 Å². The number of nitrogens with zero attached hydrogens (tertiary/aromatic N) is 6. The van der Waals surface area contributed by atoms with Crippen molar-refractivity contribution in [3.8, 4) is 5.69 Å². The minimum atomic E-state index is -0.298. The number of benzene rings is 1. The van der Waals surface area contributed by atoms with Crippen LogP contribution in [0.1, 0.15) is 53.7 Å². The Morgan fingerprint density at radius 2 is 1.90 bits per heavy atom. The van der Waals surface area contributed by atoms with Crippen molar-refractivity contribution in [3.05, 3.63) is 53.6 Å². The highest BCUT2D eigenvalue weighted by atomic mass is 35.5. The molecule has 1 aliphatic heterocycles. The highest BCUT2D eigenvalue weighted by Gasteiger charge is 2.24. The van der Waals surface area contributed by atoms with E-state index in [1.807, 2.05) is 55.1 Å². The number of piperidine rings is 1. The summed E-state index contributed by atoms with van der Waals surface area (Å²) in [7, 11) is 0. The van der Waals surface area contributed by atoms with Crippen molar-refractivity contribution in [2.45, 2.75) is 38.8 Å². The predicted molar refractivity (Wildman–Crippen MR) is 110 cm³/mol. The summed E-state index contributed by atoms with van der Waals surface area (Å²) in [6.45, 7) is 5.69. The van der Waals surface area contributed by atoms with Crippen LogP contribution >= 0.6 is 12.4 Å². The second kappa shape index (κ2) is 9.15. The number of carbonyl (C=O) groups excluding carboxylic acids is 1. The molecule has 3 aromatic rings. The molecule has 1 atom stereocenters. The molecule has 4 rings (SSSR count). The number of carbonyl (C=O) groups is 1. The quantitative estimate of drug-likeness (QED) is 0.659. The Bertz CT molecular complexity index is 948. The van der Waals surface area contributed by atoms with Gasteiger partial charge in [0, 0.05) is 0 Å². The normalized spacial score (nSPS) is 15.5. The van der Waals surface area contributed by atoms with Gasteiger partial charge in [-0.05, 0) is 51.9 Å². The van der Waals surface area contributed by atoms with Crippen LogP contribution < -0.4 is 10.6 Å². The molecular weight excluding hydrogens is 392 g/mol. The Morgan fingerprint density at radius 1 is 1.17 bits per heavy atom. The van der Waals surface area contributed by atoms with Crippen molar-refractivity contribution in [2.75, 3.05) is 13.1 Å². The monoisotopic (exact) mass is 416 g/mol. The van der Waals surface area contributed by atoms with Gasteiger partial charge in [-0.1, -0.05) is 28.6 Å². The minimum Gasteiger partial charge on any atom is -0.342 e. The van der Waals surface area contributed by atoms with Gasteiger partial charge in [-0.2, -0.15) is 0 Å². The van der Waals surface area contributed by atoms with Crippen LogP contribution in [-0.4, -0.2) is 49.0 Å². The highest BCUT2D eigenvalue weighted by Crippen LogP contribution is 2.20. The van der Waals surface area contributed by atoms with E-state index in [0.717, 1.165) is 37.3 Å². The van der Waals surface area contributed by atoms with Crippen molar-refractivity contribution >= 4 is 18.3 Å². The lowest BCUT2D eigenvalue weighted by atomic mass is 10.1. The molecule has 1 aromatic carbocycles. The molecule has 1 saturated heterocycles. The number of hydrogen-bond donors (Lipinski definition) is 2. The fourth-order valence-electron chi connectivity index (χ4n) is 3.47. The molecule has 2 N–H and O–H groups in total. The third-order valence-corrected chi connectivity index (χ3v) is 5.12. The largest absolute Gasteiger partial charge is 0.342 e. The molecule has 10 heteroatoms. The average molecular weight is 417 g/mol. The Balaban J connectivity index is 0.00000240. The topological polar surface area (TPSA) is 103 Å². The molecular formula is C19H25ClN8O. The third-order valence-electron chi connectivity index (χ3n) is 5.12. The van der Waals surface area contributed by atoms with E-state index in [2.05, 4.69) is 31.3 Å².